The topological polar surface area (TPSA) is 102 Å². The Hall–Kier alpha value is -4.46. The summed E-state index contributed by atoms with van der Waals surface area (Å²) in [4.78, 5) is 55.5. The Morgan fingerprint density at radius 3 is 2.13 bits per heavy atom. The van der Waals surface area contributed by atoms with Crippen molar-refractivity contribution in [3.8, 4) is 11.1 Å². The van der Waals surface area contributed by atoms with Crippen LogP contribution < -0.4 is 5.32 Å². The van der Waals surface area contributed by atoms with E-state index in [1.165, 1.54) is 0 Å². The van der Waals surface area contributed by atoms with Gasteiger partial charge in [0, 0.05) is 13.0 Å². The van der Waals surface area contributed by atoms with Crippen molar-refractivity contribution >= 4 is 23.8 Å². The lowest BCUT2D eigenvalue weighted by Crippen LogP contribution is -2.55. The molecule has 236 valence electrons. The number of benzene rings is 3. The molecule has 0 radical (unpaired) electrons. The average molecular weight is 611 g/mol. The van der Waals surface area contributed by atoms with Crippen molar-refractivity contribution in [2.24, 2.45) is 5.41 Å². The molecule has 1 heterocycles. The average Bonchev–Trinajstić information content (AvgIpc) is 3.75. The zero-order valence-electron chi connectivity index (χ0n) is 25.9. The van der Waals surface area contributed by atoms with Crippen LogP contribution in [0.15, 0.2) is 84.9 Å². The summed E-state index contributed by atoms with van der Waals surface area (Å²) < 4.78 is 10.8. The predicted octanol–water partition coefficient (Wildman–Crippen LogP) is 5.63. The van der Waals surface area contributed by atoms with Crippen molar-refractivity contribution < 1.29 is 28.7 Å². The fraction of sp³-hybridized carbons (Fsp3) is 0.405. The zero-order chi connectivity index (χ0) is 31.6. The maximum atomic E-state index is 14.2. The molecule has 1 unspecified atom stereocenters. The summed E-state index contributed by atoms with van der Waals surface area (Å²) in [5.41, 5.74) is 2.96. The second-order valence-corrected chi connectivity index (χ2v) is 12.0. The van der Waals surface area contributed by atoms with Crippen LogP contribution in [0.2, 0.25) is 0 Å². The van der Waals surface area contributed by atoms with E-state index in [9.17, 15) is 19.2 Å². The number of amides is 2. The summed E-state index contributed by atoms with van der Waals surface area (Å²) in [6.45, 7) is 2.52. The van der Waals surface area contributed by atoms with Gasteiger partial charge in [-0.25, -0.2) is 4.79 Å². The molecule has 0 aromatic heterocycles. The third-order valence-corrected chi connectivity index (χ3v) is 8.97. The fourth-order valence-corrected chi connectivity index (χ4v) is 6.54. The highest BCUT2D eigenvalue weighted by molar-refractivity contribution is 5.94. The molecule has 3 aromatic carbocycles. The number of carbonyl (C=O) groups is 4. The molecule has 1 aliphatic carbocycles. The van der Waals surface area contributed by atoms with Crippen LogP contribution in [-0.2, 0) is 41.7 Å². The Morgan fingerprint density at radius 1 is 0.822 bits per heavy atom. The molecule has 0 bridgehead atoms. The Balaban J connectivity index is 1.36. The lowest BCUT2D eigenvalue weighted by molar-refractivity contribution is -0.156. The minimum absolute atomic E-state index is 0.0164. The van der Waals surface area contributed by atoms with E-state index in [1.807, 2.05) is 84.9 Å². The van der Waals surface area contributed by atoms with Crippen LogP contribution in [0.4, 0.5) is 0 Å². The molecular formula is C37H42N2O6. The van der Waals surface area contributed by atoms with Gasteiger partial charge < -0.3 is 19.7 Å². The Morgan fingerprint density at radius 2 is 1.47 bits per heavy atom. The van der Waals surface area contributed by atoms with Crippen molar-refractivity contribution in [1.82, 2.24) is 10.2 Å². The number of carbonyl (C=O) groups excluding carboxylic acids is 4. The third kappa shape index (κ3) is 7.98. The lowest BCUT2D eigenvalue weighted by atomic mass is 9.81. The number of likely N-dealkylation sites (tertiary alicyclic amines) is 1. The molecular weight excluding hydrogens is 568 g/mol. The quantitative estimate of drug-likeness (QED) is 0.267. The third-order valence-electron chi connectivity index (χ3n) is 8.97. The van der Waals surface area contributed by atoms with E-state index in [4.69, 9.17) is 9.47 Å². The van der Waals surface area contributed by atoms with Gasteiger partial charge in [-0.2, -0.15) is 0 Å². The van der Waals surface area contributed by atoms with Crippen LogP contribution >= 0.6 is 0 Å². The van der Waals surface area contributed by atoms with Crippen LogP contribution in [0, 0.1) is 5.41 Å². The largest absolute Gasteiger partial charge is 0.466 e. The van der Waals surface area contributed by atoms with Gasteiger partial charge in [0.15, 0.2) is 0 Å². The second kappa shape index (κ2) is 15.0. The smallest absolute Gasteiger partial charge is 0.329 e. The predicted molar refractivity (Wildman–Crippen MR) is 171 cm³/mol. The molecule has 1 saturated carbocycles. The second-order valence-electron chi connectivity index (χ2n) is 12.0. The summed E-state index contributed by atoms with van der Waals surface area (Å²) >= 11 is 0. The first-order valence-corrected chi connectivity index (χ1v) is 16.0. The van der Waals surface area contributed by atoms with Gasteiger partial charge in [-0.1, -0.05) is 97.8 Å². The molecule has 0 spiro atoms. The van der Waals surface area contributed by atoms with Crippen LogP contribution in [-0.4, -0.2) is 53.9 Å². The highest BCUT2D eigenvalue weighted by Gasteiger charge is 2.46. The van der Waals surface area contributed by atoms with Crippen LogP contribution in [0.25, 0.3) is 11.1 Å². The molecule has 45 heavy (non-hydrogen) atoms. The van der Waals surface area contributed by atoms with E-state index in [0.29, 0.717) is 32.2 Å². The molecule has 3 aromatic rings. The number of rotatable bonds is 12. The van der Waals surface area contributed by atoms with Crippen molar-refractivity contribution in [2.75, 3.05) is 13.2 Å². The van der Waals surface area contributed by atoms with Gasteiger partial charge in [0.25, 0.3) is 0 Å². The van der Waals surface area contributed by atoms with Gasteiger partial charge in [0.1, 0.15) is 18.7 Å². The molecule has 8 heteroatoms. The highest BCUT2D eigenvalue weighted by Crippen LogP contribution is 2.42. The van der Waals surface area contributed by atoms with E-state index in [0.717, 1.165) is 35.1 Å². The number of nitrogens with zero attached hydrogens (tertiary/aromatic N) is 1. The molecule has 5 rings (SSSR count). The Kier molecular flexibility index (Phi) is 10.7. The summed E-state index contributed by atoms with van der Waals surface area (Å²) in [5, 5.41) is 3.05. The van der Waals surface area contributed by atoms with Crippen molar-refractivity contribution in [3.05, 3.63) is 96.1 Å². The number of hydrogen-bond donors (Lipinski definition) is 1. The monoisotopic (exact) mass is 610 g/mol. The fourth-order valence-electron chi connectivity index (χ4n) is 6.54. The van der Waals surface area contributed by atoms with Gasteiger partial charge in [-0.05, 0) is 54.9 Å². The molecule has 2 amide bonds. The van der Waals surface area contributed by atoms with Crippen molar-refractivity contribution in [1.29, 1.82) is 0 Å². The van der Waals surface area contributed by atoms with Crippen LogP contribution in [0.5, 0.6) is 0 Å². The van der Waals surface area contributed by atoms with Gasteiger partial charge in [0.2, 0.25) is 11.8 Å². The van der Waals surface area contributed by atoms with Crippen LogP contribution in [0.1, 0.15) is 63.0 Å². The van der Waals surface area contributed by atoms with Gasteiger partial charge >= 0.3 is 11.9 Å². The first-order chi connectivity index (χ1) is 21.9. The standard InChI is InChI=1S/C37H42N2O6/c1-2-44-33(40)25-37(21-9-10-22-37)36(43)38-31(24-27-17-19-30(20-18-27)29-14-7-4-8-15-29)34(41)39-23-11-16-32(39)35(42)45-26-28-12-5-3-6-13-28/h3-8,12-15,17-20,31-32H,2,9-11,16,21-26H2,1H3,(H,38,43)/t31-,32?/m0/s1. The maximum Gasteiger partial charge on any atom is 0.329 e. The molecule has 1 saturated heterocycles. The van der Waals surface area contributed by atoms with E-state index >= 15 is 0 Å². The summed E-state index contributed by atoms with van der Waals surface area (Å²) in [7, 11) is 0. The Bertz CT molecular complexity index is 1450. The number of nitrogens with one attached hydrogen (secondary N) is 1. The molecule has 1 aliphatic heterocycles. The summed E-state index contributed by atoms with van der Waals surface area (Å²) in [5.74, 6) is -1.49. The lowest BCUT2D eigenvalue weighted by Gasteiger charge is -2.32. The van der Waals surface area contributed by atoms with E-state index in [1.54, 1.807) is 11.8 Å². The first kappa shape index (κ1) is 31.9. The van der Waals surface area contributed by atoms with Crippen LogP contribution in [0.3, 0.4) is 0 Å². The minimum Gasteiger partial charge on any atom is -0.466 e. The maximum absolute atomic E-state index is 14.2. The van der Waals surface area contributed by atoms with Gasteiger partial charge in [-0.3, -0.25) is 14.4 Å². The molecule has 8 nitrogen and oxygen atoms in total. The Labute approximate surface area is 265 Å². The highest BCUT2D eigenvalue weighted by atomic mass is 16.5. The first-order valence-electron chi connectivity index (χ1n) is 16.0. The normalized spacial score (nSPS) is 17.8. The summed E-state index contributed by atoms with van der Waals surface area (Å²) in [6.07, 6.45) is 4.16. The van der Waals surface area contributed by atoms with E-state index in [-0.39, 0.29) is 37.9 Å². The van der Waals surface area contributed by atoms with Gasteiger partial charge in [0.05, 0.1) is 18.4 Å². The minimum atomic E-state index is -0.916. The molecule has 2 fully saturated rings. The summed E-state index contributed by atoms with van der Waals surface area (Å²) in [6, 6.07) is 25.8. The van der Waals surface area contributed by atoms with E-state index in [2.05, 4.69) is 5.32 Å². The van der Waals surface area contributed by atoms with Gasteiger partial charge in [-0.15, -0.1) is 0 Å². The van der Waals surface area contributed by atoms with Crippen molar-refractivity contribution in [3.63, 3.8) is 0 Å². The zero-order valence-corrected chi connectivity index (χ0v) is 25.9. The number of hydrogen-bond acceptors (Lipinski definition) is 6. The molecule has 2 atom stereocenters. The number of esters is 2. The SMILES string of the molecule is CCOC(=O)CC1(C(=O)N[C@@H](Cc2ccc(-c3ccccc3)cc2)C(=O)N2CCCC2C(=O)OCc2ccccc2)CCCC1. The molecule has 2 aliphatic rings. The molecule has 1 N–H and O–H groups in total. The van der Waals surface area contributed by atoms with E-state index < -0.39 is 29.4 Å². The van der Waals surface area contributed by atoms with Crippen molar-refractivity contribution in [2.45, 2.75) is 77.0 Å². The number of ether oxygens (including phenoxy) is 2.